The highest BCUT2D eigenvalue weighted by atomic mass is 16.5. The normalized spacial score (nSPS) is 10.2. The Labute approximate surface area is 107 Å². The molecule has 0 saturated heterocycles. The van der Waals surface area contributed by atoms with Crippen LogP contribution in [-0.4, -0.2) is 18.3 Å². The van der Waals surface area contributed by atoms with Gasteiger partial charge in [-0.1, -0.05) is 42.5 Å². The summed E-state index contributed by atoms with van der Waals surface area (Å²) in [7, 11) is 0. The lowest BCUT2D eigenvalue weighted by atomic mass is 10.2. The number of phenolic OH excluding ortho intramolecular Hbond substituents is 1. The van der Waals surface area contributed by atoms with Gasteiger partial charge < -0.3 is 15.2 Å². The van der Waals surface area contributed by atoms with Crippen molar-refractivity contribution in [3.05, 3.63) is 60.2 Å². The van der Waals surface area contributed by atoms with Crippen LogP contribution in [0.5, 0.6) is 11.5 Å². The lowest BCUT2D eigenvalue weighted by Gasteiger charge is -2.08. The van der Waals surface area contributed by atoms with Gasteiger partial charge in [0.05, 0.1) is 0 Å². The predicted octanol–water partition coefficient (Wildman–Crippen LogP) is 2.56. The predicted molar refractivity (Wildman–Crippen MR) is 71.8 cm³/mol. The molecule has 3 heteroatoms. The summed E-state index contributed by atoms with van der Waals surface area (Å²) in [4.78, 5) is 0. The highest BCUT2D eigenvalue weighted by molar-refractivity contribution is 5.37. The third-order valence-electron chi connectivity index (χ3n) is 2.57. The fourth-order valence-electron chi connectivity index (χ4n) is 1.64. The van der Waals surface area contributed by atoms with Gasteiger partial charge in [-0.2, -0.15) is 0 Å². The number of aromatic hydroxyl groups is 1. The van der Waals surface area contributed by atoms with Crippen LogP contribution in [0.3, 0.4) is 0 Å². The maximum atomic E-state index is 9.50. The minimum absolute atomic E-state index is 0.181. The van der Waals surface area contributed by atoms with Crippen LogP contribution in [0, 0.1) is 0 Å². The first-order valence-corrected chi connectivity index (χ1v) is 6.02. The van der Waals surface area contributed by atoms with E-state index in [1.165, 1.54) is 5.56 Å². The van der Waals surface area contributed by atoms with Gasteiger partial charge in [-0.3, -0.25) is 0 Å². The summed E-state index contributed by atoms with van der Waals surface area (Å²) < 4.78 is 5.46. The molecule has 0 aromatic heterocycles. The fourth-order valence-corrected chi connectivity index (χ4v) is 1.64. The molecular formula is C15H17NO2. The number of para-hydroxylation sites is 2. The van der Waals surface area contributed by atoms with E-state index in [4.69, 9.17) is 4.74 Å². The summed E-state index contributed by atoms with van der Waals surface area (Å²) in [5.41, 5.74) is 1.25. The molecule has 2 aromatic carbocycles. The zero-order valence-corrected chi connectivity index (χ0v) is 10.2. The highest BCUT2D eigenvalue weighted by Gasteiger charge is 1.99. The SMILES string of the molecule is Oc1ccccc1OCCNCc1ccccc1. The molecule has 0 unspecified atom stereocenters. The summed E-state index contributed by atoms with van der Waals surface area (Å²) in [5, 5.41) is 12.8. The van der Waals surface area contributed by atoms with Gasteiger partial charge in [-0.05, 0) is 17.7 Å². The van der Waals surface area contributed by atoms with Gasteiger partial charge in [0.1, 0.15) is 6.61 Å². The molecule has 0 saturated carbocycles. The first kappa shape index (κ1) is 12.5. The zero-order chi connectivity index (χ0) is 12.6. The molecule has 0 bridgehead atoms. The fraction of sp³-hybridized carbons (Fsp3) is 0.200. The van der Waals surface area contributed by atoms with E-state index in [1.807, 2.05) is 24.3 Å². The van der Waals surface area contributed by atoms with Crippen molar-refractivity contribution in [3.8, 4) is 11.5 Å². The molecule has 2 aromatic rings. The van der Waals surface area contributed by atoms with Crippen molar-refractivity contribution >= 4 is 0 Å². The number of hydrogen-bond donors (Lipinski definition) is 2. The van der Waals surface area contributed by atoms with E-state index >= 15 is 0 Å². The van der Waals surface area contributed by atoms with E-state index in [9.17, 15) is 5.11 Å². The highest BCUT2D eigenvalue weighted by Crippen LogP contribution is 2.23. The number of benzene rings is 2. The molecule has 0 aliphatic heterocycles. The van der Waals surface area contributed by atoms with Gasteiger partial charge in [0.25, 0.3) is 0 Å². The lowest BCUT2D eigenvalue weighted by Crippen LogP contribution is -2.20. The largest absolute Gasteiger partial charge is 0.504 e. The molecule has 0 radical (unpaired) electrons. The van der Waals surface area contributed by atoms with E-state index in [0.29, 0.717) is 12.4 Å². The summed E-state index contributed by atoms with van der Waals surface area (Å²) in [6, 6.07) is 17.2. The van der Waals surface area contributed by atoms with Gasteiger partial charge in [0.2, 0.25) is 0 Å². The van der Waals surface area contributed by atoms with E-state index in [0.717, 1.165) is 13.1 Å². The molecule has 0 aliphatic rings. The molecule has 3 nitrogen and oxygen atoms in total. The summed E-state index contributed by atoms with van der Waals surface area (Å²) in [6.45, 7) is 2.10. The van der Waals surface area contributed by atoms with Crippen molar-refractivity contribution in [1.29, 1.82) is 0 Å². The Morgan fingerprint density at radius 3 is 2.44 bits per heavy atom. The van der Waals surface area contributed by atoms with Crippen LogP contribution in [0.25, 0.3) is 0 Å². The molecular weight excluding hydrogens is 226 g/mol. The summed E-state index contributed by atoms with van der Waals surface area (Å²) in [6.07, 6.45) is 0. The van der Waals surface area contributed by atoms with Crippen molar-refractivity contribution in [2.75, 3.05) is 13.2 Å². The van der Waals surface area contributed by atoms with Gasteiger partial charge in [0.15, 0.2) is 11.5 Å². The number of ether oxygens (including phenoxy) is 1. The summed E-state index contributed by atoms with van der Waals surface area (Å²) in [5.74, 6) is 0.708. The van der Waals surface area contributed by atoms with Gasteiger partial charge in [0, 0.05) is 13.1 Å². The average molecular weight is 243 g/mol. The lowest BCUT2D eigenvalue weighted by molar-refractivity contribution is 0.297. The van der Waals surface area contributed by atoms with Crippen LogP contribution in [0.4, 0.5) is 0 Å². The van der Waals surface area contributed by atoms with Crippen molar-refractivity contribution in [2.24, 2.45) is 0 Å². The molecule has 94 valence electrons. The molecule has 0 fully saturated rings. The van der Waals surface area contributed by atoms with Gasteiger partial charge in [-0.25, -0.2) is 0 Å². The zero-order valence-electron chi connectivity index (χ0n) is 10.2. The number of hydrogen-bond acceptors (Lipinski definition) is 3. The van der Waals surface area contributed by atoms with Gasteiger partial charge >= 0.3 is 0 Å². The second-order valence-electron chi connectivity index (χ2n) is 3.98. The Morgan fingerprint density at radius 2 is 1.67 bits per heavy atom. The molecule has 2 rings (SSSR count). The molecule has 0 spiro atoms. The molecule has 0 amide bonds. The number of nitrogens with one attached hydrogen (secondary N) is 1. The average Bonchev–Trinajstić information content (AvgIpc) is 2.42. The quantitative estimate of drug-likeness (QED) is 0.766. The third kappa shape index (κ3) is 3.79. The maximum absolute atomic E-state index is 9.50. The molecule has 18 heavy (non-hydrogen) atoms. The second kappa shape index (κ2) is 6.67. The van der Waals surface area contributed by atoms with Crippen LogP contribution >= 0.6 is 0 Å². The van der Waals surface area contributed by atoms with Crippen LogP contribution in [0.15, 0.2) is 54.6 Å². The molecule has 0 atom stereocenters. The Balaban J connectivity index is 1.66. The van der Waals surface area contributed by atoms with Crippen molar-refractivity contribution < 1.29 is 9.84 Å². The minimum Gasteiger partial charge on any atom is -0.504 e. The van der Waals surface area contributed by atoms with Crippen molar-refractivity contribution in [1.82, 2.24) is 5.32 Å². The third-order valence-corrected chi connectivity index (χ3v) is 2.57. The Bertz CT molecular complexity index is 471. The van der Waals surface area contributed by atoms with Gasteiger partial charge in [-0.15, -0.1) is 0 Å². The topological polar surface area (TPSA) is 41.5 Å². The first-order valence-electron chi connectivity index (χ1n) is 6.02. The van der Waals surface area contributed by atoms with Crippen LogP contribution in [-0.2, 0) is 6.54 Å². The minimum atomic E-state index is 0.181. The molecule has 0 aliphatic carbocycles. The van der Waals surface area contributed by atoms with Crippen LogP contribution in [0.1, 0.15) is 5.56 Å². The van der Waals surface area contributed by atoms with E-state index < -0.39 is 0 Å². The van der Waals surface area contributed by atoms with Crippen molar-refractivity contribution in [2.45, 2.75) is 6.54 Å². The summed E-state index contributed by atoms with van der Waals surface area (Å²) >= 11 is 0. The van der Waals surface area contributed by atoms with Crippen LogP contribution < -0.4 is 10.1 Å². The standard InChI is InChI=1S/C15H17NO2/c17-14-8-4-5-9-15(14)18-11-10-16-12-13-6-2-1-3-7-13/h1-9,16-17H,10-12H2. The second-order valence-corrected chi connectivity index (χ2v) is 3.98. The smallest absolute Gasteiger partial charge is 0.160 e. The van der Waals surface area contributed by atoms with E-state index in [1.54, 1.807) is 18.2 Å². The number of rotatable bonds is 6. The maximum Gasteiger partial charge on any atom is 0.160 e. The van der Waals surface area contributed by atoms with Crippen molar-refractivity contribution in [3.63, 3.8) is 0 Å². The van der Waals surface area contributed by atoms with E-state index in [-0.39, 0.29) is 5.75 Å². The monoisotopic (exact) mass is 243 g/mol. The Kier molecular flexibility index (Phi) is 4.61. The first-order chi connectivity index (χ1) is 8.86. The Morgan fingerprint density at radius 1 is 0.944 bits per heavy atom. The Hall–Kier alpha value is -2.00. The van der Waals surface area contributed by atoms with Crippen LogP contribution in [0.2, 0.25) is 0 Å². The molecule has 0 heterocycles. The molecule has 2 N–H and O–H groups in total. The van der Waals surface area contributed by atoms with E-state index in [2.05, 4.69) is 17.4 Å². The number of phenols is 1.